The third-order valence-electron chi connectivity index (χ3n) is 2.16. The van der Waals surface area contributed by atoms with Gasteiger partial charge in [-0.25, -0.2) is 9.97 Å². The Balaban J connectivity index is 2.53. The molecule has 0 radical (unpaired) electrons. The van der Waals surface area contributed by atoms with E-state index in [1.807, 2.05) is 6.92 Å². The molecule has 7 heteroatoms. The zero-order chi connectivity index (χ0) is 12.3. The van der Waals surface area contributed by atoms with Crippen LogP contribution in [0.1, 0.15) is 11.3 Å². The third kappa shape index (κ3) is 2.41. The molecule has 0 aliphatic rings. The number of aliphatic hydroxyl groups excluding tert-OH is 1. The van der Waals surface area contributed by atoms with Crippen molar-refractivity contribution in [2.45, 2.75) is 13.5 Å². The number of rotatable bonds is 3. The van der Waals surface area contributed by atoms with Crippen molar-refractivity contribution in [2.75, 3.05) is 0 Å². The predicted octanol–water partition coefficient (Wildman–Crippen LogP) is 2.01. The van der Waals surface area contributed by atoms with Crippen LogP contribution in [0.2, 0.25) is 0 Å². The van der Waals surface area contributed by atoms with Crippen LogP contribution in [0.25, 0.3) is 16.3 Å². The van der Waals surface area contributed by atoms with E-state index < -0.39 is 0 Å². The maximum Gasteiger partial charge on any atom is 0.138 e. The first-order valence-corrected chi connectivity index (χ1v) is 4.91. The quantitative estimate of drug-likeness (QED) is 0.495. The van der Waals surface area contributed by atoms with Gasteiger partial charge in [0.05, 0.1) is 12.3 Å². The average molecular weight is 230 g/mol. The summed E-state index contributed by atoms with van der Waals surface area (Å²) in [5.74, 6) is 0.778. The van der Waals surface area contributed by atoms with Crippen molar-refractivity contribution in [3.8, 4) is 5.82 Å². The van der Waals surface area contributed by atoms with Gasteiger partial charge in [-0.3, -0.25) is 4.57 Å². The van der Waals surface area contributed by atoms with E-state index in [0.717, 1.165) is 5.69 Å². The van der Waals surface area contributed by atoms with Crippen molar-refractivity contribution in [3.05, 3.63) is 46.4 Å². The second-order valence-electron chi connectivity index (χ2n) is 3.46. The van der Waals surface area contributed by atoms with Crippen molar-refractivity contribution < 1.29 is 5.11 Å². The zero-order valence-electron chi connectivity index (χ0n) is 9.15. The lowest BCUT2D eigenvalue weighted by atomic mass is 10.2. The number of pyridine rings is 1. The van der Waals surface area contributed by atoms with E-state index in [-0.39, 0.29) is 12.4 Å². The molecule has 0 fully saturated rings. The van der Waals surface area contributed by atoms with Crippen LogP contribution in [-0.2, 0) is 6.61 Å². The van der Waals surface area contributed by atoms with Gasteiger partial charge in [-0.15, -0.1) is 0 Å². The molecule has 0 aliphatic heterocycles. The van der Waals surface area contributed by atoms with Gasteiger partial charge in [-0.2, -0.15) is 0 Å². The molecule has 1 N–H and O–H groups in total. The van der Waals surface area contributed by atoms with E-state index in [4.69, 9.17) is 10.6 Å². The summed E-state index contributed by atoms with van der Waals surface area (Å²) in [4.78, 5) is 10.9. The lowest BCUT2D eigenvalue weighted by Crippen LogP contribution is -1.96. The fraction of sp³-hybridized carbons (Fsp3) is 0.200. The third-order valence-corrected chi connectivity index (χ3v) is 2.16. The number of azide groups is 1. The minimum atomic E-state index is -0.142. The van der Waals surface area contributed by atoms with Crippen molar-refractivity contribution in [2.24, 2.45) is 5.11 Å². The van der Waals surface area contributed by atoms with Gasteiger partial charge >= 0.3 is 0 Å². The first kappa shape index (κ1) is 11.1. The van der Waals surface area contributed by atoms with Gasteiger partial charge in [0.2, 0.25) is 0 Å². The number of hydrogen-bond acceptors (Lipinski definition) is 4. The molecule has 0 aromatic carbocycles. The number of aromatic nitrogens is 3. The van der Waals surface area contributed by atoms with Gasteiger partial charge < -0.3 is 5.11 Å². The Labute approximate surface area is 97.0 Å². The number of nitrogens with zero attached hydrogens (tertiary/aromatic N) is 6. The van der Waals surface area contributed by atoms with Gasteiger partial charge in [0.1, 0.15) is 18.0 Å². The molecule has 0 saturated heterocycles. The van der Waals surface area contributed by atoms with Gasteiger partial charge in [0, 0.05) is 11.1 Å². The van der Waals surface area contributed by atoms with E-state index in [0.29, 0.717) is 11.4 Å². The van der Waals surface area contributed by atoms with Crippen LogP contribution < -0.4 is 0 Å². The van der Waals surface area contributed by atoms with Gasteiger partial charge in [0.25, 0.3) is 0 Å². The number of imidazole rings is 1. The molecule has 2 aromatic heterocycles. The molecule has 0 aliphatic carbocycles. The minimum absolute atomic E-state index is 0.142. The highest BCUT2D eigenvalue weighted by molar-refractivity contribution is 5.40. The Morgan fingerprint density at radius 1 is 1.53 bits per heavy atom. The average Bonchev–Trinajstić information content (AvgIpc) is 2.76. The van der Waals surface area contributed by atoms with Crippen molar-refractivity contribution in [3.63, 3.8) is 0 Å². The molecule has 0 bridgehead atoms. The highest BCUT2D eigenvalue weighted by atomic mass is 16.3. The predicted molar refractivity (Wildman–Crippen MR) is 60.8 cm³/mol. The molecule has 86 valence electrons. The molecule has 2 heterocycles. The van der Waals surface area contributed by atoms with E-state index in [1.54, 1.807) is 23.2 Å². The SMILES string of the molecule is Cc1cn(-c2cc(CO)cc(N=[N+]=[N-])n2)cn1. The summed E-state index contributed by atoms with van der Waals surface area (Å²) in [6.07, 6.45) is 3.40. The zero-order valence-corrected chi connectivity index (χ0v) is 9.15. The summed E-state index contributed by atoms with van der Waals surface area (Å²) >= 11 is 0. The monoisotopic (exact) mass is 230 g/mol. The lowest BCUT2D eigenvalue weighted by molar-refractivity contribution is 0.281. The fourth-order valence-corrected chi connectivity index (χ4v) is 1.42. The summed E-state index contributed by atoms with van der Waals surface area (Å²) in [5, 5.41) is 12.6. The molecule has 7 nitrogen and oxygen atoms in total. The lowest BCUT2D eigenvalue weighted by Gasteiger charge is -2.04. The van der Waals surface area contributed by atoms with Gasteiger partial charge in [-0.1, -0.05) is 0 Å². The van der Waals surface area contributed by atoms with Crippen molar-refractivity contribution in [1.29, 1.82) is 0 Å². The fourth-order valence-electron chi connectivity index (χ4n) is 1.42. The number of aliphatic hydroxyl groups is 1. The Morgan fingerprint density at radius 3 is 2.94 bits per heavy atom. The summed E-state index contributed by atoms with van der Waals surface area (Å²) in [5.41, 5.74) is 9.87. The van der Waals surface area contributed by atoms with Crippen LogP contribution in [0.5, 0.6) is 0 Å². The van der Waals surface area contributed by atoms with E-state index >= 15 is 0 Å². The maximum absolute atomic E-state index is 9.12. The van der Waals surface area contributed by atoms with Crippen LogP contribution >= 0.6 is 0 Å². The Hall–Kier alpha value is -2.37. The topological polar surface area (TPSA) is 99.7 Å². The van der Waals surface area contributed by atoms with Crippen LogP contribution in [0.3, 0.4) is 0 Å². The second-order valence-corrected chi connectivity index (χ2v) is 3.46. The summed E-state index contributed by atoms with van der Waals surface area (Å²) in [6, 6.07) is 3.24. The molecular weight excluding hydrogens is 220 g/mol. The Bertz CT molecular complexity index is 584. The van der Waals surface area contributed by atoms with Crippen molar-refractivity contribution >= 4 is 5.82 Å². The van der Waals surface area contributed by atoms with E-state index in [2.05, 4.69) is 20.0 Å². The van der Waals surface area contributed by atoms with Gasteiger partial charge in [0.15, 0.2) is 0 Å². The van der Waals surface area contributed by atoms with Crippen LogP contribution in [0.4, 0.5) is 5.82 Å². The second kappa shape index (κ2) is 4.65. The highest BCUT2D eigenvalue weighted by Gasteiger charge is 2.04. The molecule has 0 unspecified atom stereocenters. The summed E-state index contributed by atoms with van der Waals surface area (Å²) in [7, 11) is 0. The number of aryl methyl sites for hydroxylation is 1. The van der Waals surface area contributed by atoms with Crippen LogP contribution in [0.15, 0.2) is 29.8 Å². The van der Waals surface area contributed by atoms with E-state index in [1.165, 1.54) is 6.07 Å². The molecule has 2 rings (SSSR count). The Kier molecular flexibility index (Phi) is 3.04. The first-order chi connectivity index (χ1) is 8.22. The first-order valence-electron chi connectivity index (χ1n) is 4.91. The molecule has 17 heavy (non-hydrogen) atoms. The summed E-state index contributed by atoms with van der Waals surface area (Å²) in [6.45, 7) is 1.72. The molecule has 0 saturated carbocycles. The molecular formula is C10H10N6O. The Morgan fingerprint density at radius 2 is 2.35 bits per heavy atom. The van der Waals surface area contributed by atoms with E-state index in [9.17, 15) is 0 Å². The molecule has 0 amide bonds. The highest BCUT2D eigenvalue weighted by Crippen LogP contribution is 2.16. The normalized spacial score (nSPS) is 10.0. The molecule has 0 atom stereocenters. The van der Waals surface area contributed by atoms with Crippen LogP contribution in [0, 0.1) is 6.92 Å². The summed E-state index contributed by atoms with van der Waals surface area (Å²) < 4.78 is 1.70. The minimum Gasteiger partial charge on any atom is -0.392 e. The van der Waals surface area contributed by atoms with Gasteiger partial charge in [-0.05, 0) is 35.3 Å². The molecule has 2 aromatic rings. The number of hydrogen-bond donors (Lipinski definition) is 1. The molecule has 0 spiro atoms. The largest absolute Gasteiger partial charge is 0.392 e. The smallest absolute Gasteiger partial charge is 0.138 e. The standard InChI is InChI=1S/C10H10N6O/c1-7-4-16(6-12-7)10-3-8(5-17)2-9(13-10)14-15-11/h2-4,6,17H,5H2,1H3. The maximum atomic E-state index is 9.12. The van der Waals surface area contributed by atoms with Crippen LogP contribution in [-0.4, -0.2) is 19.6 Å². The van der Waals surface area contributed by atoms with Crippen molar-refractivity contribution in [1.82, 2.24) is 14.5 Å².